The van der Waals surface area contributed by atoms with E-state index in [1.165, 1.54) is 11.6 Å². The van der Waals surface area contributed by atoms with Crippen LogP contribution in [0.2, 0.25) is 0 Å². The summed E-state index contributed by atoms with van der Waals surface area (Å²) in [7, 11) is 1.88. The number of nitrogens with zero attached hydrogens (tertiary/aromatic N) is 2. The third kappa shape index (κ3) is 6.44. The Morgan fingerprint density at radius 2 is 1.87 bits per heavy atom. The molecular weight excluding hydrogens is 379 g/mol. The van der Waals surface area contributed by atoms with E-state index in [2.05, 4.69) is 36.1 Å². The van der Waals surface area contributed by atoms with Crippen LogP contribution >= 0.6 is 0 Å². The number of ether oxygens (including phenoxy) is 1. The average Bonchev–Trinajstić information content (AvgIpc) is 2.75. The van der Waals surface area contributed by atoms with Crippen LogP contribution < -0.4 is 9.64 Å². The fourth-order valence-corrected chi connectivity index (χ4v) is 3.94. The highest BCUT2D eigenvalue weighted by atomic mass is 19.1. The molecule has 2 aromatic rings. The number of likely N-dealkylation sites (tertiary alicyclic amines) is 1. The van der Waals surface area contributed by atoms with Crippen molar-refractivity contribution in [3.63, 3.8) is 0 Å². The second-order valence-corrected chi connectivity index (χ2v) is 8.47. The maximum absolute atomic E-state index is 14.5. The Morgan fingerprint density at radius 3 is 2.53 bits per heavy atom. The third-order valence-electron chi connectivity index (χ3n) is 6.05. The van der Waals surface area contributed by atoms with Crippen molar-refractivity contribution in [2.75, 3.05) is 38.2 Å². The highest BCUT2D eigenvalue weighted by Crippen LogP contribution is 2.29. The Bertz CT molecular complexity index is 776. The van der Waals surface area contributed by atoms with Crippen LogP contribution in [-0.4, -0.2) is 48.9 Å². The lowest BCUT2D eigenvalue weighted by Gasteiger charge is -2.39. The second kappa shape index (κ2) is 10.8. The summed E-state index contributed by atoms with van der Waals surface area (Å²) in [5, 5.41) is 11.0. The Labute approximate surface area is 180 Å². The molecule has 1 fully saturated rings. The molecule has 0 amide bonds. The van der Waals surface area contributed by atoms with Gasteiger partial charge in [-0.1, -0.05) is 43.7 Å². The minimum absolute atomic E-state index is 0.281. The van der Waals surface area contributed by atoms with E-state index in [0.29, 0.717) is 31.0 Å². The van der Waals surface area contributed by atoms with Crippen LogP contribution in [0.15, 0.2) is 48.5 Å². The maximum atomic E-state index is 14.5. The van der Waals surface area contributed by atoms with E-state index in [9.17, 15) is 9.50 Å². The predicted octanol–water partition coefficient (Wildman–Crippen LogP) is 4.86. The quantitative estimate of drug-likeness (QED) is 0.564. The van der Waals surface area contributed by atoms with Crippen LogP contribution in [0.5, 0.6) is 5.75 Å². The molecule has 0 aliphatic carbocycles. The zero-order chi connectivity index (χ0) is 21.4. The van der Waals surface area contributed by atoms with Gasteiger partial charge in [-0.3, -0.25) is 4.90 Å². The van der Waals surface area contributed by atoms with Gasteiger partial charge in [0.1, 0.15) is 11.6 Å². The molecule has 1 saturated heterocycles. The first-order chi connectivity index (χ1) is 14.5. The Kier molecular flexibility index (Phi) is 8.11. The van der Waals surface area contributed by atoms with E-state index in [0.717, 1.165) is 45.3 Å². The number of anilines is 1. The number of halogens is 1. The molecule has 0 saturated carbocycles. The second-order valence-electron chi connectivity index (χ2n) is 8.47. The molecule has 1 aliphatic rings. The Morgan fingerprint density at radius 1 is 1.13 bits per heavy atom. The lowest BCUT2D eigenvalue weighted by atomic mass is 9.88. The summed E-state index contributed by atoms with van der Waals surface area (Å²) in [4.78, 5) is 4.28. The van der Waals surface area contributed by atoms with Gasteiger partial charge in [-0.2, -0.15) is 0 Å². The summed E-state index contributed by atoms with van der Waals surface area (Å²) in [6.45, 7) is 6.01. The molecule has 1 N–H and O–H groups in total. The van der Waals surface area contributed by atoms with Crippen LogP contribution in [0.3, 0.4) is 0 Å². The van der Waals surface area contributed by atoms with Crippen molar-refractivity contribution in [2.45, 2.75) is 51.2 Å². The van der Waals surface area contributed by atoms with Crippen LogP contribution in [0, 0.1) is 5.82 Å². The molecule has 0 bridgehead atoms. The van der Waals surface area contributed by atoms with Gasteiger partial charge in [0.05, 0.1) is 17.9 Å². The smallest absolute Gasteiger partial charge is 0.150 e. The predicted molar refractivity (Wildman–Crippen MR) is 121 cm³/mol. The van der Waals surface area contributed by atoms with E-state index in [1.807, 2.05) is 24.1 Å². The van der Waals surface area contributed by atoms with E-state index in [-0.39, 0.29) is 5.82 Å². The molecule has 30 heavy (non-hydrogen) atoms. The number of piperidine rings is 1. The van der Waals surface area contributed by atoms with Crippen LogP contribution in [0.1, 0.15) is 44.6 Å². The Balaban J connectivity index is 1.46. The molecule has 164 valence electrons. The molecule has 1 aliphatic heterocycles. The normalized spacial score (nSPS) is 16.4. The maximum Gasteiger partial charge on any atom is 0.150 e. The molecule has 2 aromatic carbocycles. The van der Waals surface area contributed by atoms with E-state index >= 15 is 0 Å². The van der Waals surface area contributed by atoms with Gasteiger partial charge in [0, 0.05) is 39.3 Å². The van der Waals surface area contributed by atoms with Gasteiger partial charge in [0.2, 0.25) is 0 Å². The first-order valence-electron chi connectivity index (χ1n) is 11.1. The standard InChI is InChI=1S/C25H35FN2O2/c1-3-4-18-30-22-10-11-24(23(26)19-22)27(2)15-12-25(29)13-16-28(17-14-25)20-21-8-6-5-7-9-21/h5-11,19,29H,3-4,12-18,20H2,1-2H3. The topological polar surface area (TPSA) is 35.9 Å². The number of aliphatic hydroxyl groups is 1. The van der Waals surface area contributed by atoms with Crippen molar-refractivity contribution in [3.05, 3.63) is 59.9 Å². The lowest BCUT2D eigenvalue weighted by molar-refractivity contribution is -0.0275. The van der Waals surface area contributed by atoms with Gasteiger partial charge in [-0.25, -0.2) is 4.39 Å². The molecule has 0 spiro atoms. The van der Waals surface area contributed by atoms with Crippen molar-refractivity contribution in [1.82, 2.24) is 4.90 Å². The van der Waals surface area contributed by atoms with E-state index in [1.54, 1.807) is 6.07 Å². The first-order valence-corrected chi connectivity index (χ1v) is 11.1. The molecule has 0 unspecified atom stereocenters. The van der Waals surface area contributed by atoms with Gasteiger partial charge in [-0.05, 0) is 43.4 Å². The summed E-state index contributed by atoms with van der Waals surface area (Å²) in [5.74, 6) is 0.290. The van der Waals surface area contributed by atoms with Crippen LogP contribution in [0.4, 0.5) is 10.1 Å². The van der Waals surface area contributed by atoms with Gasteiger partial charge >= 0.3 is 0 Å². The summed E-state index contributed by atoms with van der Waals surface area (Å²) in [6.07, 6.45) is 4.15. The largest absolute Gasteiger partial charge is 0.493 e. The number of rotatable bonds is 10. The van der Waals surface area contributed by atoms with Crippen molar-refractivity contribution in [3.8, 4) is 5.75 Å². The minimum Gasteiger partial charge on any atom is -0.493 e. The zero-order valence-electron chi connectivity index (χ0n) is 18.3. The summed E-state index contributed by atoms with van der Waals surface area (Å²) >= 11 is 0. The number of hydrogen-bond acceptors (Lipinski definition) is 4. The molecule has 0 aromatic heterocycles. The Hall–Kier alpha value is -2.11. The molecule has 5 heteroatoms. The van der Waals surface area contributed by atoms with Gasteiger partial charge < -0.3 is 14.7 Å². The van der Waals surface area contributed by atoms with Crippen molar-refractivity contribution < 1.29 is 14.2 Å². The highest BCUT2D eigenvalue weighted by Gasteiger charge is 2.32. The molecule has 1 heterocycles. The fraction of sp³-hybridized carbons (Fsp3) is 0.520. The lowest BCUT2D eigenvalue weighted by Crippen LogP contribution is -2.45. The molecule has 3 rings (SSSR count). The zero-order valence-corrected chi connectivity index (χ0v) is 18.3. The fourth-order valence-electron chi connectivity index (χ4n) is 3.94. The van der Waals surface area contributed by atoms with Crippen molar-refractivity contribution in [1.29, 1.82) is 0 Å². The monoisotopic (exact) mass is 414 g/mol. The number of hydrogen-bond donors (Lipinski definition) is 1. The highest BCUT2D eigenvalue weighted by molar-refractivity contribution is 5.50. The first kappa shape index (κ1) is 22.6. The molecule has 0 atom stereocenters. The van der Waals surface area contributed by atoms with Crippen LogP contribution in [-0.2, 0) is 6.54 Å². The minimum atomic E-state index is -0.679. The van der Waals surface area contributed by atoms with Gasteiger partial charge in [-0.15, -0.1) is 0 Å². The number of benzene rings is 2. The SMILES string of the molecule is CCCCOc1ccc(N(C)CCC2(O)CCN(Cc3ccccc3)CC2)c(F)c1. The molecular formula is C25H35FN2O2. The van der Waals surface area contributed by atoms with E-state index in [4.69, 9.17) is 4.74 Å². The summed E-state index contributed by atoms with van der Waals surface area (Å²) < 4.78 is 20.1. The summed E-state index contributed by atoms with van der Waals surface area (Å²) in [5.41, 5.74) is 1.17. The number of unbranched alkanes of at least 4 members (excludes halogenated alkanes) is 1. The average molecular weight is 415 g/mol. The van der Waals surface area contributed by atoms with E-state index < -0.39 is 5.60 Å². The summed E-state index contributed by atoms with van der Waals surface area (Å²) in [6, 6.07) is 15.5. The van der Waals surface area contributed by atoms with Gasteiger partial charge in [0.15, 0.2) is 0 Å². The molecule has 0 radical (unpaired) electrons. The van der Waals surface area contributed by atoms with Crippen molar-refractivity contribution >= 4 is 5.69 Å². The third-order valence-corrected chi connectivity index (χ3v) is 6.05. The van der Waals surface area contributed by atoms with Crippen molar-refractivity contribution in [2.24, 2.45) is 0 Å². The van der Waals surface area contributed by atoms with Crippen LogP contribution in [0.25, 0.3) is 0 Å². The molecule has 4 nitrogen and oxygen atoms in total. The van der Waals surface area contributed by atoms with Gasteiger partial charge in [0.25, 0.3) is 0 Å².